The number of hydrogen-bond donors (Lipinski definition) is 3. The van der Waals surface area contributed by atoms with Crippen LogP contribution in [-0.2, 0) is 14.3 Å². The van der Waals surface area contributed by atoms with Gasteiger partial charge in [-0.15, -0.1) is 0 Å². The number of carbonyl (C=O) groups excluding carboxylic acids is 2. The number of esters is 1. The molecule has 0 radical (unpaired) electrons. The number of amides is 1. The molecule has 6 heteroatoms. The number of nitrogens with one attached hydrogen (secondary N) is 1. The van der Waals surface area contributed by atoms with Crippen LogP contribution in [0.1, 0.15) is 233 Å². The summed E-state index contributed by atoms with van der Waals surface area (Å²) in [6.45, 7) is 6.42. The van der Waals surface area contributed by atoms with E-state index in [1.807, 2.05) is 6.08 Å². The lowest BCUT2D eigenvalue weighted by Crippen LogP contribution is -2.46. The number of hydrogen-bond acceptors (Lipinski definition) is 5. The van der Waals surface area contributed by atoms with Crippen molar-refractivity contribution in [1.29, 1.82) is 0 Å². The minimum atomic E-state index is -0.805. The second-order valence-electron chi connectivity index (χ2n) is 16.2. The molecule has 56 heavy (non-hydrogen) atoms. The SMILES string of the molecule is CCCCCCCC/C=C\C/C=C/CCC(=O)OC(CCC/C=C/C=C/CCCCCCCCC)CC(=O)NC(CO)C(O)CCCCCCCCCCCC. The normalized spacial score (nSPS) is 13.7. The summed E-state index contributed by atoms with van der Waals surface area (Å²) in [5.41, 5.74) is 0. The van der Waals surface area contributed by atoms with Crippen molar-refractivity contribution in [2.24, 2.45) is 0 Å². The fourth-order valence-corrected chi connectivity index (χ4v) is 7.01. The van der Waals surface area contributed by atoms with Gasteiger partial charge in [0.05, 0.1) is 25.2 Å². The fraction of sp³-hybridized carbons (Fsp3) is 0.800. The monoisotopic (exact) mass is 786 g/mol. The van der Waals surface area contributed by atoms with Crippen LogP contribution in [0, 0.1) is 0 Å². The van der Waals surface area contributed by atoms with Gasteiger partial charge in [0.25, 0.3) is 0 Å². The van der Waals surface area contributed by atoms with Gasteiger partial charge in [0, 0.05) is 6.42 Å². The molecule has 3 unspecified atom stereocenters. The molecule has 3 N–H and O–H groups in total. The van der Waals surface area contributed by atoms with Crippen LogP contribution < -0.4 is 5.32 Å². The van der Waals surface area contributed by atoms with E-state index in [-0.39, 0.29) is 31.3 Å². The third kappa shape index (κ3) is 38.7. The van der Waals surface area contributed by atoms with Gasteiger partial charge in [-0.3, -0.25) is 9.59 Å². The van der Waals surface area contributed by atoms with Crippen LogP contribution in [0.25, 0.3) is 0 Å². The van der Waals surface area contributed by atoms with E-state index < -0.39 is 18.2 Å². The van der Waals surface area contributed by atoms with Crippen molar-refractivity contribution in [3.8, 4) is 0 Å². The minimum absolute atomic E-state index is 0.0223. The lowest BCUT2D eigenvalue weighted by Gasteiger charge is -2.24. The third-order valence-corrected chi connectivity index (χ3v) is 10.7. The lowest BCUT2D eigenvalue weighted by atomic mass is 10.0. The standard InChI is InChI=1S/C50H91NO5/c1-4-7-10-13-16-19-22-24-26-27-29-32-35-38-41-46(56-50(55)43-40-37-34-31-28-25-23-20-17-14-11-8-5-2)44-49(54)51-47(45-52)48(53)42-39-36-33-30-21-18-15-12-9-6-3/h25-29,32,34,37,46-48,52-53H,4-24,30-31,33,35-36,38-45H2,1-3H3,(H,51,54)/b27-26+,28-25-,32-29+,37-34+. The smallest absolute Gasteiger partial charge is 0.306 e. The number of carbonyl (C=O) groups is 2. The molecule has 0 aliphatic heterocycles. The number of rotatable bonds is 42. The Kier molecular flexibility index (Phi) is 42.2. The van der Waals surface area contributed by atoms with Crippen LogP contribution in [0.5, 0.6) is 0 Å². The van der Waals surface area contributed by atoms with E-state index in [1.54, 1.807) is 0 Å². The van der Waals surface area contributed by atoms with Crippen molar-refractivity contribution in [3.05, 3.63) is 48.6 Å². The van der Waals surface area contributed by atoms with Crippen LogP contribution in [0.15, 0.2) is 48.6 Å². The van der Waals surface area contributed by atoms with Crippen molar-refractivity contribution in [2.75, 3.05) is 6.61 Å². The maximum Gasteiger partial charge on any atom is 0.306 e. The Bertz CT molecular complexity index is 972. The average molecular weight is 786 g/mol. The first-order valence-corrected chi connectivity index (χ1v) is 23.9. The van der Waals surface area contributed by atoms with Crippen molar-refractivity contribution in [1.82, 2.24) is 5.32 Å². The van der Waals surface area contributed by atoms with Gasteiger partial charge in [0.1, 0.15) is 6.10 Å². The van der Waals surface area contributed by atoms with Crippen molar-refractivity contribution in [2.45, 2.75) is 251 Å². The van der Waals surface area contributed by atoms with E-state index in [0.29, 0.717) is 19.3 Å². The molecule has 0 fully saturated rings. The Hall–Kier alpha value is -2.18. The molecule has 0 saturated heterocycles. The molecule has 0 aliphatic rings. The number of allylic oxidation sites excluding steroid dienone is 8. The molecule has 0 aromatic rings. The number of unbranched alkanes of at least 4 members (excludes halogenated alkanes) is 23. The molecular formula is C50H91NO5. The molecule has 6 nitrogen and oxygen atoms in total. The molecular weight excluding hydrogens is 695 g/mol. The molecule has 0 aliphatic carbocycles. The predicted molar refractivity (Wildman–Crippen MR) is 241 cm³/mol. The number of aliphatic hydroxyl groups is 2. The molecule has 0 aromatic heterocycles. The van der Waals surface area contributed by atoms with Crippen LogP contribution in [0.2, 0.25) is 0 Å². The summed E-state index contributed by atoms with van der Waals surface area (Å²) >= 11 is 0. The molecule has 0 spiro atoms. The van der Waals surface area contributed by atoms with Crippen LogP contribution >= 0.6 is 0 Å². The van der Waals surface area contributed by atoms with Gasteiger partial charge in [-0.2, -0.15) is 0 Å². The van der Waals surface area contributed by atoms with Gasteiger partial charge >= 0.3 is 5.97 Å². The molecule has 0 rings (SSSR count). The number of ether oxygens (including phenoxy) is 1. The number of aliphatic hydroxyl groups excluding tert-OH is 2. The molecule has 0 heterocycles. The van der Waals surface area contributed by atoms with Gasteiger partial charge in [0.2, 0.25) is 5.91 Å². The lowest BCUT2D eigenvalue weighted by molar-refractivity contribution is -0.150. The highest BCUT2D eigenvalue weighted by molar-refractivity contribution is 5.77. The van der Waals surface area contributed by atoms with Gasteiger partial charge in [0.15, 0.2) is 0 Å². The Morgan fingerprint density at radius 2 is 0.982 bits per heavy atom. The van der Waals surface area contributed by atoms with E-state index in [0.717, 1.165) is 51.4 Å². The van der Waals surface area contributed by atoms with E-state index >= 15 is 0 Å². The van der Waals surface area contributed by atoms with Crippen LogP contribution in [-0.4, -0.2) is 46.9 Å². The third-order valence-electron chi connectivity index (χ3n) is 10.7. The second kappa shape index (κ2) is 43.9. The van der Waals surface area contributed by atoms with E-state index in [4.69, 9.17) is 4.74 Å². The molecule has 0 bridgehead atoms. The van der Waals surface area contributed by atoms with Crippen molar-refractivity contribution < 1.29 is 24.5 Å². The van der Waals surface area contributed by atoms with E-state index in [9.17, 15) is 19.8 Å². The summed E-state index contributed by atoms with van der Waals surface area (Å²) < 4.78 is 5.85. The van der Waals surface area contributed by atoms with Gasteiger partial charge in [-0.25, -0.2) is 0 Å². The zero-order valence-corrected chi connectivity index (χ0v) is 37.0. The summed E-state index contributed by atoms with van der Waals surface area (Å²) in [7, 11) is 0. The summed E-state index contributed by atoms with van der Waals surface area (Å²) in [4.78, 5) is 26.0. The molecule has 0 saturated carbocycles. The second-order valence-corrected chi connectivity index (χ2v) is 16.2. The maximum absolute atomic E-state index is 13.1. The Balaban J connectivity index is 4.75. The Labute approximate surface area is 346 Å². The van der Waals surface area contributed by atoms with Crippen LogP contribution in [0.3, 0.4) is 0 Å². The van der Waals surface area contributed by atoms with Gasteiger partial charge in [-0.1, -0.05) is 204 Å². The van der Waals surface area contributed by atoms with Crippen molar-refractivity contribution in [3.63, 3.8) is 0 Å². The maximum atomic E-state index is 13.1. The summed E-state index contributed by atoms with van der Waals surface area (Å²) in [5, 5.41) is 23.6. The zero-order valence-electron chi connectivity index (χ0n) is 37.0. The van der Waals surface area contributed by atoms with Crippen LogP contribution in [0.4, 0.5) is 0 Å². The first kappa shape index (κ1) is 53.8. The highest BCUT2D eigenvalue weighted by Crippen LogP contribution is 2.16. The first-order chi connectivity index (χ1) is 27.5. The quantitative estimate of drug-likeness (QED) is 0.0248. The predicted octanol–water partition coefficient (Wildman–Crippen LogP) is 13.9. The van der Waals surface area contributed by atoms with E-state index in [1.165, 1.54) is 128 Å². The van der Waals surface area contributed by atoms with E-state index in [2.05, 4.69) is 68.6 Å². The van der Waals surface area contributed by atoms with Gasteiger partial charge < -0.3 is 20.3 Å². The minimum Gasteiger partial charge on any atom is -0.462 e. The molecule has 3 atom stereocenters. The highest BCUT2D eigenvalue weighted by atomic mass is 16.5. The summed E-state index contributed by atoms with van der Waals surface area (Å²) in [6, 6.07) is -0.724. The summed E-state index contributed by atoms with van der Waals surface area (Å²) in [5.74, 6) is -0.602. The molecule has 1 amide bonds. The summed E-state index contributed by atoms with van der Waals surface area (Å²) in [6.07, 6.45) is 51.8. The van der Waals surface area contributed by atoms with Gasteiger partial charge in [-0.05, 0) is 64.2 Å². The average Bonchev–Trinajstić information content (AvgIpc) is 3.19. The molecule has 0 aromatic carbocycles. The Morgan fingerprint density at radius 1 is 0.536 bits per heavy atom. The fourth-order valence-electron chi connectivity index (χ4n) is 7.01. The topological polar surface area (TPSA) is 95.9 Å². The Morgan fingerprint density at radius 3 is 1.50 bits per heavy atom. The largest absolute Gasteiger partial charge is 0.462 e. The zero-order chi connectivity index (χ0) is 41.0. The van der Waals surface area contributed by atoms with Crippen molar-refractivity contribution >= 4 is 11.9 Å². The first-order valence-electron chi connectivity index (χ1n) is 23.9. The molecule has 326 valence electrons. The highest BCUT2D eigenvalue weighted by Gasteiger charge is 2.23.